The van der Waals surface area contributed by atoms with Crippen molar-refractivity contribution in [3.05, 3.63) is 35.6 Å². The molecule has 1 aromatic carbocycles. The van der Waals surface area contributed by atoms with E-state index in [9.17, 15) is 23.9 Å². The average molecular weight is 401 g/mol. The lowest BCUT2D eigenvalue weighted by Gasteiger charge is -2.32. The lowest BCUT2D eigenvalue weighted by atomic mass is 9.97. The third-order valence-electron chi connectivity index (χ3n) is 4.81. The summed E-state index contributed by atoms with van der Waals surface area (Å²) in [5.41, 5.74) is 0.146. The van der Waals surface area contributed by atoms with Gasteiger partial charge < -0.3 is 5.11 Å². The fraction of sp³-hybridized carbons (Fsp3) is 0.471. The van der Waals surface area contributed by atoms with E-state index in [-0.39, 0.29) is 18.2 Å². The van der Waals surface area contributed by atoms with E-state index in [4.69, 9.17) is 0 Å². The van der Waals surface area contributed by atoms with Gasteiger partial charge in [-0.15, -0.1) is 0 Å². The molecule has 1 fully saturated rings. The molecule has 0 saturated carbocycles. The minimum atomic E-state index is -1.19. The van der Waals surface area contributed by atoms with Crippen molar-refractivity contribution in [2.24, 2.45) is 5.92 Å². The Morgan fingerprint density at radius 2 is 2.04 bits per heavy atom. The van der Waals surface area contributed by atoms with Crippen LogP contribution in [0.1, 0.15) is 37.0 Å². The summed E-state index contributed by atoms with van der Waals surface area (Å²) in [4.78, 5) is 36.3. The van der Waals surface area contributed by atoms with Gasteiger partial charge in [-0.05, 0) is 26.0 Å². The van der Waals surface area contributed by atoms with Gasteiger partial charge in [-0.2, -0.15) is 9.28 Å². The van der Waals surface area contributed by atoms with Crippen LogP contribution in [-0.4, -0.2) is 44.8 Å². The van der Waals surface area contributed by atoms with Crippen LogP contribution in [0.3, 0.4) is 0 Å². The second-order valence-corrected chi connectivity index (χ2v) is 7.26. The SMILES string of the molecule is CC(C(=O)[N+]1(C(=O)O)CCC[C@H]1C)C(Br)C(=O)c1cccc(F)c1. The van der Waals surface area contributed by atoms with Crippen LogP contribution < -0.4 is 0 Å². The van der Waals surface area contributed by atoms with Gasteiger partial charge in [-0.1, -0.05) is 28.1 Å². The van der Waals surface area contributed by atoms with Gasteiger partial charge in [0.1, 0.15) is 11.9 Å². The number of likely N-dealkylation sites (tertiary alicyclic amines) is 1. The van der Waals surface area contributed by atoms with Crippen molar-refractivity contribution in [1.82, 2.24) is 0 Å². The van der Waals surface area contributed by atoms with E-state index in [2.05, 4.69) is 15.9 Å². The molecule has 1 saturated heterocycles. The van der Waals surface area contributed by atoms with Gasteiger partial charge in [-0.3, -0.25) is 4.79 Å². The fourth-order valence-corrected chi connectivity index (χ4v) is 3.79. The highest BCUT2D eigenvalue weighted by Gasteiger charge is 2.55. The number of ketones is 1. The van der Waals surface area contributed by atoms with Gasteiger partial charge in [0, 0.05) is 18.4 Å². The van der Waals surface area contributed by atoms with Gasteiger partial charge >= 0.3 is 12.0 Å². The zero-order valence-corrected chi connectivity index (χ0v) is 15.1. The van der Waals surface area contributed by atoms with Crippen molar-refractivity contribution in [3.8, 4) is 0 Å². The molecule has 0 spiro atoms. The minimum Gasteiger partial charge on any atom is -0.435 e. The Bertz CT molecular complexity index is 680. The molecule has 7 heteroatoms. The number of carboxylic acid groups (broad SMARTS) is 1. The third-order valence-corrected chi connectivity index (χ3v) is 6.02. The highest BCUT2D eigenvalue weighted by atomic mass is 79.9. The lowest BCUT2D eigenvalue weighted by Crippen LogP contribution is -2.61. The molecule has 3 unspecified atom stereocenters. The zero-order chi connectivity index (χ0) is 18.1. The molecule has 1 heterocycles. The Hall–Kier alpha value is -1.60. The maximum Gasteiger partial charge on any atom is 0.521 e. The maximum absolute atomic E-state index is 13.3. The van der Waals surface area contributed by atoms with Crippen molar-refractivity contribution in [2.45, 2.75) is 37.6 Å². The van der Waals surface area contributed by atoms with Crippen molar-refractivity contribution < 1.29 is 28.4 Å². The predicted molar refractivity (Wildman–Crippen MR) is 89.5 cm³/mol. The van der Waals surface area contributed by atoms with Crippen LogP contribution in [0.15, 0.2) is 24.3 Å². The molecular formula is C17H20BrFNO4+. The molecule has 1 aromatic rings. The van der Waals surface area contributed by atoms with Gasteiger partial charge in [0.25, 0.3) is 0 Å². The summed E-state index contributed by atoms with van der Waals surface area (Å²) < 4.78 is 12.6. The van der Waals surface area contributed by atoms with Crippen LogP contribution in [0, 0.1) is 11.7 Å². The van der Waals surface area contributed by atoms with E-state index < -0.39 is 38.8 Å². The summed E-state index contributed by atoms with van der Waals surface area (Å²) >= 11 is 3.22. The molecule has 0 aromatic heterocycles. The largest absolute Gasteiger partial charge is 0.521 e. The Labute approximate surface area is 148 Å². The van der Waals surface area contributed by atoms with E-state index in [0.717, 1.165) is 6.07 Å². The molecule has 0 radical (unpaired) electrons. The second-order valence-electron chi connectivity index (χ2n) is 6.27. The number of quaternary nitrogens is 1. The molecular weight excluding hydrogens is 381 g/mol. The fourth-order valence-electron chi connectivity index (χ4n) is 3.30. The van der Waals surface area contributed by atoms with E-state index in [0.29, 0.717) is 12.8 Å². The summed E-state index contributed by atoms with van der Waals surface area (Å²) in [6.45, 7) is 3.50. The van der Waals surface area contributed by atoms with Crippen molar-refractivity contribution >= 4 is 33.7 Å². The van der Waals surface area contributed by atoms with E-state index >= 15 is 0 Å². The first-order valence-corrected chi connectivity index (χ1v) is 8.73. The summed E-state index contributed by atoms with van der Waals surface area (Å²) in [6.07, 6.45) is 0.112. The summed E-state index contributed by atoms with van der Waals surface area (Å²) in [6, 6.07) is 4.89. The smallest absolute Gasteiger partial charge is 0.435 e. The quantitative estimate of drug-likeness (QED) is 0.475. The van der Waals surface area contributed by atoms with E-state index in [1.165, 1.54) is 25.1 Å². The Morgan fingerprint density at radius 3 is 2.54 bits per heavy atom. The molecule has 1 aliphatic rings. The summed E-state index contributed by atoms with van der Waals surface area (Å²) in [5, 5.41) is 9.63. The molecule has 2 amide bonds. The molecule has 5 nitrogen and oxygen atoms in total. The van der Waals surface area contributed by atoms with Crippen LogP contribution in [0.5, 0.6) is 0 Å². The van der Waals surface area contributed by atoms with Crippen molar-refractivity contribution in [3.63, 3.8) is 0 Å². The van der Waals surface area contributed by atoms with Crippen molar-refractivity contribution in [2.75, 3.05) is 6.54 Å². The van der Waals surface area contributed by atoms with Gasteiger partial charge in [-0.25, -0.2) is 9.18 Å². The van der Waals surface area contributed by atoms with Crippen LogP contribution in [-0.2, 0) is 4.79 Å². The maximum atomic E-state index is 13.3. The Balaban J connectivity index is 2.26. The van der Waals surface area contributed by atoms with Crippen LogP contribution in [0.4, 0.5) is 9.18 Å². The molecule has 130 valence electrons. The average Bonchev–Trinajstić information content (AvgIpc) is 2.94. The van der Waals surface area contributed by atoms with E-state index in [1.54, 1.807) is 6.92 Å². The number of amides is 2. The topological polar surface area (TPSA) is 71.4 Å². The van der Waals surface area contributed by atoms with Crippen molar-refractivity contribution in [1.29, 1.82) is 0 Å². The monoisotopic (exact) mass is 400 g/mol. The highest BCUT2D eigenvalue weighted by molar-refractivity contribution is 9.10. The van der Waals surface area contributed by atoms with E-state index in [1.807, 2.05) is 0 Å². The zero-order valence-electron chi connectivity index (χ0n) is 13.5. The standard InChI is InChI=1S/C17H19BrFNO4/c1-10-5-4-8-20(10,17(23)24)16(22)11(2)14(18)15(21)12-6-3-7-13(19)9-12/h3,6-7,9-11,14H,4-5,8H2,1-2H3/p+1/t10-,11?,14?,20?/m1/s1. The number of hydrogen-bond donors (Lipinski definition) is 1. The van der Waals surface area contributed by atoms with Gasteiger partial charge in [0.2, 0.25) is 0 Å². The normalized spacial score (nSPS) is 25.9. The Morgan fingerprint density at radius 1 is 1.38 bits per heavy atom. The minimum absolute atomic E-state index is 0.146. The van der Waals surface area contributed by atoms with Crippen LogP contribution >= 0.6 is 15.9 Å². The summed E-state index contributed by atoms with van der Waals surface area (Å²) in [5.74, 6) is -2.33. The number of hydrogen-bond acceptors (Lipinski definition) is 3. The number of halogens is 2. The van der Waals surface area contributed by atoms with Gasteiger partial charge in [0.15, 0.2) is 5.78 Å². The number of nitrogens with zero attached hydrogens (tertiary/aromatic N) is 1. The number of Topliss-reactive ketones (excluding diaryl/α,β-unsaturated/α-hetero) is 1. The number of alkyl halides is 1. The molecule has 0 aliphatic carbocycles. The van der Waals surface area contributed by atoms with Crippen LogP contribution in [0.2, 0.25) is 0 Å². The second kappa shape index (κ2) is 7.11. The first-order chi connectivity index (χ1) is 11.2. The number of carbonyl (C=O) groups excluding carboxylic acids is 2. The number of carbonyl (C=O) groups is 3. The number of imide groups is 1. The number of rotatable bonds is 4. The lowest BCUT2D eigenvalue weighted by molar-refractivity contribution is -0.794. The molecule has 4 atom stereocenters. The third kappa shape index (κ3) is 3.15. The Kier molecular flexibility index (Phi) is 5.55. The summed E-state index contributed by atoms with van der Waals surface area (Å²) in [7, 11) is 0. The predicted octanol–water partition coefficient (Wildman–Crippen LogP) is 3.61. The highest BCUT2D eigenvalue weighted by Crippen LogP contribution is 2.32. The molecule has 2 rings (SSSR count). The first-order valence-electron chi connectivity index (χ1n) is 7.81. The van der Waals surface area contributed by atoms with Gasteiger partial charge in [0.05, 0.1) is 17.3 Å². The number of benzene rings is 1. The molecule has 0 bridgehead atoms. The molecule has 1 N–H and O–H groups in total. The first kappa shape index (κ1) is 18.7. The molecule has 24 heavy (non-hydrogen) atoms. The molecule has 1 aliphatic heterocycles. The van der Waals surface area contributed by atoms with Crippen LogP contribution in [0.25, 0.3) is 0 Å².